The second kappa shape index (κ2) is 8.67. The van der Waals surface area contributed by atoms with Gasteiger partial charge in [-0.05, 0) is 18.4 Å². The van der Waals surface area contributed by atoms with Gasteiger partial charge in [0.2, 0.25) is 0 Å². The van der Waals surface area contributed by atoms with Gasteiger partial charge in [-0.3, -0.25) is 15.0 Å². The number of ether oxygens (including phenoxy) is 2. The summed E-state index contributed by atoms with van der Waals surface area (Å²) >= 11 is 0. The number of benzene rings is 1. The van der Waals surface area contributed by atoms with Crippen molar-refractivity contribution in [1.82, 2.24) is 15.8 Å². The van der Waals surface area contributed by atoms with Crippen LogP contribution in [0.25, 0.3) is 0 Å². The van der Waals surface area contributed by atoms with Crippen molar-refractivity contribution in [3.63, 3.8) is 0 Å². The number of nitrogens with one attached hydrogen (secondary N) is 2. The van der Waals surface area contributed by atoms with Crippen LogP contribution in [-0.2, 0) is 30.5 Å². The first-order chi connectivity index (χ1) is 12.0. The first kappa shape index (κ1) is 18.2. The van der Waals surface area contributed by atoms with Gasteiger partial charge in [-0.25, -0.2) is 15.0 Å². The summed E-state index contributed by atoms with van der Waals surface area (Å²) in [7, 11) is 1.09. The molecule has 25 heavy (non-hydrogen) atoms. The molecule has 0 spiro atoms. The molecule has 1 aliphatic heterocycles. The highest BCUT2D eigenvalue weighted by Crippen LogP contribution is 2.17. The van der Waals surface area contributed by atoms with Crippen LogP contribution in [0, 0.1) is 0 Å². The Bertz CT molecular complexity index is 649. The number of hydrogen-bond acceptors (Lipinski definition) is 6. The molecule has 2 rings (SSSR count). The van der Waals surface area contributed by atoms with Crippen molar-refractivity contribution in [3.8, 4) is 0 Å². The Labute approximate surface area is 144 Å². The van der Waals surface area contributed by atoms with Gasteiger partial charge in [0.1, 0.15) is 12.6 Å². The molecular formula is C16H19N3O6. The van der Waals surface area contributed by atoms with Crippen LogP contribution in [-0.4, -0.2) is 48.5 Å². The molecule has 1 saturated heterocycles. The van der Waals surface area contributed by atoms with E-state index in [0.29, 0.717) is 12.8 Å². The number of nitrogens with zero attached hydrogens (tertiary/aromatic N) is 1. The maximum Gasteiger partial charge on any atom is 0.426 e. The molecule has 3 amide bonds. The number of carbonyl (C=O) groups is 4. The lowest BCUT2D eigenvalue weighted by Gasteiger charge is -2.22. The van der Waals surface area contributed by atoms with Crippen molar-refractivity contribution in [2.45, 2.75) is 25.5 Å². The molecule has 0 aliphatic carbocycles. The van der Waals surface area contributed by atoms with E-state index < -0.39 is 29.9 Å². The standard InChI is InChI=1S/C16H19N3O6/c1-24-15(22)14(21)19-9-5-8-12(19)13(20)17-18-16(23)25-10-11-6-3-2-4-7-11/h2-4,6-7,12H,5,8-10H2,1H3,(H,17,20)(H,18,23)/t12-/m0/s1. The minimum absolute atomic E-state index is 0.0545. The second-order valence-electron chi connectivity index (χ2n) is 5.32. The van der Waals surface area contributed by atoms with Crippen molar-refractivity contribution in [3.05, 3.63) is 35.9 Å². The molecule has 9 nitrogen and oxygen atoms in total. The highest BCUT2D eigenvalue weighted by atomic mass is 16.6. The minimum atomic E-state index is -1.03. The maximum absolute atomic E-state index is 12.1. The molecule has 1 aromatic carbocycles. The Balaban J connectivity index is 1.79. The summed E-state index contributed by atoms with van der Waals surface area (Å²) in [5.74, 6) is -2.52. The average molecular weight is 349 g/mol. The van der Waals surface area contributed by atoms with Gasteiger partial charge in [-0.1, -0.05) is 30.3 Å². The van der Waals surface area contributed by atoms with E-state index in [2.05, 4.69) is 15.6 Å². The molecule has 1 fully saturated rings. The van der Waals surface area contributed by atoms with Crippen LogP contribution < -0.4 is 10.9 Å². The number of carbonyl (C=O) groups excluding carboxylic acids is 4. The van der Waals surface area contributed by atoms with Crippen molar-refractivity contribution in [2.75, 3.05) is 13.7 Å². The lowest BCUT2D eigenvalue weighted by molar-refractivity contribution is -0.159. The summed E-state index contributed by atoms with van der Waals surface area (Å²) in [5, 5.41) is 0. The summed E-state index contributed by atoms with van der Waals surface area (Å²) in [6.45, 7) is 0.323. The fraction of sp³-hybridized carbons (Fsp3) is 0.375. The van der Waals surface area contributed by atoms with Crippen LogP contribution in [0.15, 0.2) is 30.3 Å². The first-order valence-electron chi connectivity index (χ1n) is 7.68. The zero-order valence-corrected chi connectivity index (χ0v) is 13.7. The quantitative estimate of drug-likeness (QED) is 0.455. The van der Waals surface area contributed by atoms with Crippen LogP contribution in [0.3, 0.4) is 0 Å². The largest absolute Gasteiger partial charge is 0.462 e. The second-order valence-corrected chi connectivity index (χ2v) is 5.32. The molecule has 1 atom stereocenters. The van der Waals surface area contributed by atoms with Crippen molar-refractivity contribution >= 4 is 23.9 Å². The molecule has 1 aliphatic rings. The van der Waals surface area contributed by atoms with E-state index in [1.807, 2.05) is 18.2 Å². The highest BCUT2D eigenvalue weighted by Gasteiger charge is 2.37. The molecule has 134 valence electrons. The van der Waals surface area contributed by atoms with E-state index in [4.69, 9.17) is 4.74 Å². The van der Waals surface area contributed by atoms with Crippen molar-refractivity contribution < 1.29 is 28.7 Å². The van der Waals surface area contributed by atoms with E-state index in [0.717, 1.165) is 17.6 Å². The van der Waals surface area contributed by atoms with Gasteiger partial charge in [0, 0.05) is 6.54 Å². The third-order valence-electron chi connectivity index (χ3n) is 3.68. The van der Waals surface area contributed by atoms with E-state index in [-0.39, 0.29) is 13.2 Å². The highest BCUT2D eigenvalue weighted by molar-refractivity contribution is 6.32. The fourth-order valence-electron chi connectivity index (χ4n) is 2.44. The Morgan fingerprint density at radius 1 is 1.16 bits per heavy atom. The zero-order valence-electron chi connectivity index (χ0n) is 13.7. The predicted molar refractivity (Wildman–Crippen MR) is 84.7 cm³/mol. The summed E-state index contributed by atoms with van der Waals surface area (Å²) in [6, 6.07) is 8.20. The fourth-order valence-corrected chi connectivity index (χ4v) is 2.44. The van der Waals surface area contributed by atoms with Gasteiger partial charge in [0.05, 0.1) is 7.11 Å². The Hall–Kier alpha value is -3.10. The predicted octanol–water partition coefficient (Wildman–Crippen LogP) is 0.108. The first-order valence-corrected chi connectivity index (χ1v) is 7.68. The molecule has 2 N–H and O–H groups in total. The number of amides is 3. The third kappa shape index (κ3) is 4.93. The van der Waals surface area contributed by atoms with Gasteiger partial charge < -0.3 is 14.4 Å². The monoisotopic (exact) mass is 349 g/mol. The maximum atomic E-state index is 12.1. The van der Waals surface area contributed by atoms with Crippen LogP contribution in [0.2, 0.25) is 0 Å². The van der Waals surface area contributed by atoms with Gasteiger partial charge in [-0.15, -0.1) is 0 Å². The summed E-state index contributed by atoms with van der Waals surface area (Å²) in [4.78, 5) is 48.0. The smallest absolute Gasteiger partial charge is 0.426 e. The SMILES string of the molecule is COC(=O)C(=O)N1CCC[C@H]1C(=O)NNC(=O)OCc1ccccc1. The molecule has 9 heteroatoms. The summed E-state index contributed by atoms with van der Waals surface area (Å²) in [6.07, 6.45) is 0.121. The summed E-state index contributed by atoms with van der Waals surface area (Å²) in [5.41, 5.74) is 5.11. The molecule has 0 radical (unpaired) electrons. The lowest BCUT2D eigenvalue weighted by atomic mass is 10.2. The number of esters is 1. The molecule has 0 saturated carbocycles. The number of hydrogen-bond donors (Lipinski definition) is 2. The van der Waals surface area contributed by atoms with Gasteiger partial charge >= 0.3 is 18.0 Å². The molecule has 1 heterocycles. The lowest BCUT2D eigenvalue weighted by Crippen LogP contribution is -2.52. The number of hydrazine groups is 1. The number of methoxy groups -OCH3 is 1. The topological polar surface area (TPSA) is 114 Å². The van der Waals surface area contributed by atoms with Gasteiger partial charge in [0.15, 0.2) is 0 Å². The van der Waals surface area contributed by atoms with E-state index in [1.165, 1.54) is 0 Å². The van der Waals surface area contributed by atoms with Crippen LogP contribution in [0.4, 0.5) is 4.79 Å². The normalized spacial score (nSPS) is 16.0. The van der Waals surface area contributed by atoms with E-state index in [1.54, 1.807) is 12.1 Å². The number of likely N-dealkylation sites (tertiary alicyclic amines) is 1. The van der Waals surface area contributed by atoms with Crippen molar-refractivity contribution in [2.24, 2.45) is 0 Å². The number of rotatable bonds is 3. The van der Waals surface area contributed by atoms with E-state index >= 15 is 0 Å². The third-order valence-corrected chi connectivity index (χ3v) is 3.68. The minimum Gasteiger partial charge on any atom is -0.462 e. The molecular weight excluding hydrogens is 330 g/mol. The summed E-state index contributed by atoms with van der Waals surface area (Å²) < 4.78 is 9.32. The molecule has 0 bridgehead atoms. The van der Waals surface area contributed by atoms with Crippen LogP contribution in [0.5, 0.6) is 0 Å². The zero-order chi connectivity index (χ0) is 18.2. The van der Waals surface area contributed by atoms with Gasteiger partial charge in [0.25, 0.3) is 5.91 Å². The Kier molecular flexibility index (Phi) is 6.33. The van der Waals surface area contributed by atoms with Crippen LogP contribution in [0.1, 0.15) is 18.4 Å². The van der Waals surface area contributed by atoms with E-state index in [9.17, 15) is 19.2 Å². The molecule has 0 unspecified atom stereocenters. The average Bonchev–Trinajstić information content (AvgIpc) is 3.13. The van der Waals surface area contributed by atoms with Gasteiger partial charge in [-0.2, -0.15) is 0 Å². The van der Waals surface area contributed by atoms with Crippen LogP contribution >= 0.6 is 0 Å². The molecule has 1 aromatic rings. The Morgan fingerprint density at radius 3 is 2.56 bits per heavy atom. The Morgan fingerprint density at radius 2 is 1.88 bits per heavy atom. The molecule has 0 aromatic heterocycles. The van der Waals surface area contributed by atoms with Crippen molar-refractivity contribution in [1.29, 1.82) is 0 Å².